The van der Waals surface area contributed by atoms with Crippen LogP contribution >= 0.6 is 23.1 Å². The zero-order valence-electron chi connectivity index (χ0n) is 30.8. The second-order valence-corrected chi connectivity index (χ2v) is 17.0. The topological polar surface area (TPSA) is 92.1 Å². The Morgan fingerprint density at radius 2 is 1.51 bits per heavy atom. The van der Waals surface area contributed by atoms with Crippen molar-refractivity contribution in [3.8, 4) is 0 Å². The lowest BCUT2D eigenvalue weighted by Crippen LogP contribution is -2.39. The first kappa shape index (κ1) is 38.3. The lowest BCUT2D eigenvalue weighted by atomic mass is 9.86. The molecule has 49 heavy (non-hydrogen) atoms. The molecule has 1 aliphatic carbocycles. The number of azo groups is 1. The van der Waals surface area contributed by atoms with E-state index in [2.05, 4.69) is 128 Å². The van der Waals surface area contributed by atoms with Crippen molar-refractivity contribution in [2.45, 2.75) is 122 Å². The lowest BCUT2D eigenvalue weighted by molar-refractivity contribution is -0.119. The Morgan fingerprint density at radius 3 is 2.02 bits per heavy atom. The molecule has 0 saturated carbocycles. The number of thioether (sulfide) groups is 1. The van der Waals surface area contributed by atoms with Gasteiger partial charge in [0.15, 0.2) is 4.34 Å². The molecule has 1 atom stereocenters. The molecule has 3 aromatic rings. The zero-order chi connectivity index (χ0) is 35.6. The number of nitrogens with one attached hydrogen (secondary N) is 1. The number of rotatable bonds is 15. The SMILES string of the molecule is CCCCCCSc1nnc(N=NC2=CC(OC)=C(N(Cc3ccc(C(C)(C)C)cc3)Cc3ccc(C(C)(C)C)cc3)C[C@@H]2NC(C)=O)s1. The van der Waals surface area contributed by atoms with Crippen LogP contribution in [0.4, 0.5) is 5.13 Å². The van der Waals surface area contributed by atoms with Crippen LogP contribution in [-0.4, -0.2) is 39.9 Å². The second kappa shape index (κ2) is 17.4. The maximum atomic E-state index is 12.4. The Balaban J connectivity index is 1.65. The van der Waals surface area contributed by atoms with Crippen LogP contribution in [0.3, 0.4) is 0 Å². The third-order valence-corrected chi connectivity index (χ3v) is 10.6. The van der Waals surface area contributed by atoms with E-state index in [1.807, 2.05) is 6.08 Å². The van der Waals surface area contributed by atoms with E-state index in [9.17, 15) is 4.79 Å². The standard InChI is InChI=1S/C39H54N6O2S2/c1-10-11-12-13-22-48-37-44-43-36(49-37)42-41-33-24-35(47-9)34(23-32(33)40-27(2)46)45(25-28-14-18-30(19-15-28)38(3,4)5)26-29-16-20-31(21-17-29)39(6,7)8/h14-21,24,32H,10-13,22-23,25-26H2,1-9H3,(H,40,46)/t32-/m0/s1. The Kier molecular flexibility index (Phi) is 13.6. The molecule has 4 rings (SSSR count). The summed E-state index contributed by atoms with van der Waals surface area (Å²) in [4.78, 5) is 14.8. The van der Waals surface area contributed by atoms with Crippen molar-refractivity contribution in [1.82, 2.24) is 20.4 Å². The third-order valence-electron chi connectivity index (χ3n) is 8.55. The molecule has 0 bridgehead atoms. The fourth-order valence-corrected chi connectivity index (χ4v) is 7.38. The minimum atomic E-state index is -0.385. The highest BCUT2D eigenvalue weighted by Crippen LogP contribution is 2.34. The van der Waals surface area contributed by atoms with Gasteiger partial charge in [-0.1, -0.05) is 139 Å². The van der Waals surface area contributed by atoms with Gasteiger partial charge in [0.1, 0.15) is 5.76 Å². The van der Waals surface area contributed by atoms with E-state index in [0.29, 0.717) is 36.1 Å². The summed E-state index contributed by atoms with van der Waals surface area (Å²) in [6, 6.07) is 17.4. The van der Waals surface area contributed by atoms with Crippen LogP contribution in [0.25, 0.3) is 0 Å². The average molecular weight is 703 g/mol. The van der Waals surface area contributed by atoms with Gasteiger partial charge in [-0.15, -0.1) is 15.3 Å². The number of amides is 1. The number of hydrogen-bond acceptors (Lipinski definition) is 9. The first-order valence-corrected chi connectivity index (χ1v) is 19.1. The van der Waals surface area contributed by atoms with Crippen LogP contribution in [0.1, 0.15) is 110 Å². The summed E-state index contributed by atoms with van der Waals surface area (Å²) < 4.78 is 6.91. The minimum Gasteiger partial charge on any atom is -0.495 e. The molecule has 0 aliphatic heterocycles. The van der Waals surface area contributed by atoms with E-state index < -0.39 is 0 Å². The van der Waals surface area contributed by atoms with Crippen LogP contribution in [0.2, 0.25) is 0 Å². The van der Waals surface area contributed by atoms with E-state index in [1.54, 1.807) is 18.9 Å². The molecule has 1 aliphatic rings. The number of carbonyl (C=O) groups is 1. The number of ether oxygens (including phenoxy) is 1. The van der Waals surface area contributed by atoms with Gasteiger partial charge in [-0.05, 0) is 39.5 Å². The summed E-state index contributed by atoms with van der Waals surface area (Å²) >= 11 is 3.15. The van der Waals surface area contributed by atoms with Crippen LogP contribution in [0.5, 0.6) is 0 Å². The van der Waals surface area contributed by atoms with E-state index in [1.165, 1.54) is 59.8 Å². The maximum Gasteiger partial charge on any atom is 0.252 e. The second-order valence-electron chi connectivity index (χ2n) is 14.8. The number of carbonyl (C=O) groups excluding carboxylic acids is 1. The van der Waals surface area contributed by atoms with E-state index in [0.717, 1.165) is 22.2 Å². The normalized spacial score (nSPS) is 15.4. The van der Waals surface area contributed by atoms with Gasteiger partial charge in [-0.2, -0.15) is 5.11 Å². The van der Waals surface area contributed by atoms with Gasteiger partial charge < -0.3 is 15.0 Å². The first-order valence-electron chi connectivity index (χ1n) is 17.3. The fourth-order valence-electron chi connectivity index (χ4n) is 5.65. The Labute approximate surface area is 301 Å². The minimum absolute atomic E-state index is 0.0762. The molecule has 8 nitrogen and oxygen atoms in total. The molecule has 0 unspecified atom stereocenters. The first-order chi connectivity index (χ1) is 23.3. The molecular weight excluding hydrogens is 649 g/mol. The summed E-state index contributed by atoms with van der Waals surface area (Å²) in [6.45, 7) is 18.5. The molecule has 0 radical (unpaired) electrons. The molecule has 1 heterocycles. The largest absolute Gasteiger partial charge is 0.495 e. The Morgan fingerprint density at radius 1 is 0.918 bits per heavy atom. The van der Waals surface area contributed by atoms with E-state index in [-0.39, 0.29) is 22.8 Å². The van der Waals surface area contributed by atoms with Gasteiger partial charge in [0.25, 0.3) is 5.13 Å². The molecule has 0 spiro atoms. The zero-order valence-corrected chi connectivity index (χ0v) is 32.4. The third kappa shape index (κ3) is 11.5. The monoisotopic (exact) mass is 702 g/mol. The highest BCUT2D eigenvalue weighted by atomic mass is 32.2. The summed E-state index contributed by atoms with van der Waals surface area (Å²) in [5.41, 5.74) is 6.76. The van der Waals surface area contributed by atoms with Crippen molar-refractivity contribution in [2.24, 2.45) is 10.2 Å². The molecule has 264 valence electrons. The predicted molar refractivity (Wildman–Crippen MR) is 203 cm³/mol. The van der Waals surface area contributed by atoms with Gasteiger partial charge in [-0.25, -0.2) is 0 Å². The summed E-state index contributed by atoms with van der Waals surface area (Å²) in [6.07, 6.45) is 7.27. The number of aromatic nitrogens is 2. The Bertz CT molecular complexity index is 1550. The van der Waals surface area contributed by atoms with Gasteiger partial charge >= 0.3 is 0 Å². The quantitative estimate of drug-likeness (QED) is 0.0963. The number of unbranched alkanes of at least 4 members (excludes halogenated alkanes) is 3. The number of hydrogen-bond donors (Lipinski definition) is 1. The van der Waals surface area contributed by atoms with Crippen molar-refractivity contribution in [3.05, 3.63) is 94.0 Å². The molecule has 0 fully saturated rings. The maximum absolute atomic E-state index is 12.4. The van der Waals surface area contributed by atoms with Crippen molar-refractivity contribution in [3.63, 3.8) is 0 Å². The van der Waals surface area contributed by atoms with Crippen molar-refractivity contribution >= 4 is 34.1 Å². The van der Waals surface area contributed by atoms with Crippen molar-refractivity contribution in [1.29, 1.82) is 0 Å². The molecule has 10 heteroatoms. The summed E-state index contributed by atoms with van der Waals surface area (Å²) in [5, 5.41) is 21.2. The van der Waals surface area contributed by atoms with Gasteiger partial charge in [0.2, 0.25) is 5.91 Å². The predicted octanol–water partition coefficient (Wildman–Crippen LogP) is 10.2. The Hall–Kier alpha value is -3.50. The van der Waals surface area contributed by atoms with Crippen molar-refractivity contribution in [2.75, 3.05) is 12.9 Å². The number of methoxy groups -OCH3 is 1. The van der Waals surface area contributed by atoms with E-state index >= 15 is 0 Å². The summed E-state index contributed by atoms with van der Waals surface area (Å²) in [5.74, 6) is 1.59. The number of benzene rings is 2. The van der Waals surface area contributed by atoms with Crippen LogP contribution in [0, 0.1) is 0 Å². The van der Waals surface area contributed by atoms with Crippen LogP contribution < -0.4 is 5.32 Å². The van der Waals surface area contributed by atoms with Crippen molar-refractivity contribution < 1.29 is 9.53 Å². The average Bonchev–Trinajstić information content (AvgIpc) is 3.50. The smallest absolute Gasteiger partial charge is 0.252 e. The van der Waals surface area contributed by atoms with Gasteiger partial charge in [0.05, 0.1) is 24.5 Å². The molecule has 0 saturated heterocycles. The molecule has 1 amide bonds. The number of allylic oxidation sites excluding steroid dienone is 1. The van der Waals surface area contributed by atoms with Crippen LogP contribution in [-0.2, 0) is 33.5 Å². The highest BCUT2D eigenvalue weighted by Gasteiger charge is 2.29. The van der Waals surface area contributed by atoms with Gasteiger partial charge in [0, 0.05) is 38.3 Å². The van der Waals surface area contributed by atoms with Crippen LogP contribution in [0.15, 0.2) is 86.3 Å². The lowest BCUT2D eigenvalue weighted by Gasteiger charge is -2.34. The highest BCUT2D eigenvalue weighted by molar-refractivity contribution is 8.01. The number of nitrogens with zero attached hydrogens (tertiary/aromatic N) is 5. The fraction of sp³-hybridized carbons (Fsp3) is 0.513. The molecular formula is C39H54N6O2S2. The van der Waals surface area contributed by atoms with Gasteiger partial charge in [-0.3, -0.25) is 4.79 Å². The molecule has 1 aromatic heterocycles. The molecule has 1 N–H and O–H groups in total. The molecule has 2 aromatic carbocycles. The summed E-state index contributed by atoms with van der Waals surface area (Å²) in [7, 11) is 1.68. The van der Waals surface area contributed by atoms with E-state index in [4.69, 9.17) is 4.74 Å².